The van der Waals surface area contributed by atoms with Crippen molar-refractivity contribution in [1.82, 2.24) is 19.9 Å². The topological polar surface area (TPSA) is 79.5 Å². The van der Waals surface area contributed by atoms with Crippen LogP contribution < -0.4 is 0 Å². The monoisotopic (exact) mass is 424 g/mol. The van der Waals surface area contributed by atoms with E-state index in [-0.39, 0.29) is 11.8 Å². The Morgan fingerprint density at radius 1 is 1.07 bits per heavy atom. The highest BCUT2D eigenvalue weighted by molar-refractivity contribution is 6.35. The number of rotatable bonds is 6. The van der Waals surface area contributed by atoms with Crippen molar-refractivity contribution < 1.29 is 14.1 Å². The summed E-state index contributed by atoms with van der Waals surface area (Å²) in [4.78, 5) is 32.8. The fourth-order valence-electron chi connectivity index (χ4n) is 3.10. The first-order chi connectivity index (χ1) is 13.5. The zero-order valence-corrected chi connectivity index (χ0v) is 17.2. The first-order valence-electron chi connectivity index (χ1n) is 9.31. The van der Waals surface area contributed by atoms with Crippen molar-refractivity contribution in [2.24, 2.45) is 0 Å². The molecule has 7 nitrogen and oxygen atoms in total. The van der Waals surface area contributed by atoms with Crippen LogP contribution in [0.15, 0.2) is 22.7 Å². The van der Waals surface area contributed by atoms with Gasteiger partial charge in [-0.15, -0.1) is 0 Å². The summed E-state index contributed by atoms with van der Waals surface area (Å²) in [5.41, 5.74) is 0.461. The largest absolute Gasteiger partial charge is 0.339 e. The van der Waals surface area contributed by atoms with Gasteiger partial charge in [-0.3, -0.25) is 9.59 Å². The second-order valence-corrected chi connectivity index (χ2v) is 7.52. The number of hydrogen-bond acceptors (Lipinski definition) is 5. The number of hydrogen-bond donors (Lipinski definition) is 0. The third-order valence-electron chi connectivity index (χ3n) is 4.64. The molecule has 0 N–H and O–H groups in total. The average molecular weight is 425 g/mol. The van der Waals surface area contributed by atoms with Crippen LogP contribution in [-0.2, 0) is 17.6 Å². The van der Waals surface area contributed by atoms with Gasteiger partial charge in [0, 0.05) is 61.1 Å². The third-order valence-corrected chi connectivity index (χ3v) is 5.07. The molecule has 0 unspecified atom stereocenters. The summed E-state index contributed by atoms with van der Waals surface area (Å²) in [6.45, 7) is 3.96. The minimum atomic E-state index is -0.125. The van der Waals surface area contributed by atoms with Crippen molar-refractivity contribution in [3.05, 3.63) is 45.5 Å². The fourth-order valence-corrected chi connectivity index (χ4v) is 3.63. The van der Waals surface area contributed by atoms with Gasteiger partial charge in [-0.2, -0.15) is 4.98 Å². The van der Waals surface area contributed by atoms with Crippen LogP contribution in [0, 0.1) is 0 Å². The lowest BCUT2D eigenvalue weighted by atomic mass is 10.1. The van der Waals surface area contributed by atoms with Gasteiger partial charge in [0.15, 0.2) is 5.82 Å². The van der Waals surface area contributed by atoms with E-state index in [2.05, 4.69) is 10.1 Å². The lowest BCUT2D eigenvalue weighted by Crippen LogP contribution is -2.50. The second kappa shape index (κ2) is 9.39. The molecule has 0 radical (unpaired) electrons. The molecule has 2 aromatic rings. The van der Waals surface area contributed by atoms with E-state index in [0.29, 0.717) is 72.8 Å². The molecule has 0 aliphatic carbocycles. The van der Waals surface area contributed by atoms with E-state index in [1.807, 2.05) is 6.92 Å². The van der Waals surface area contributed by atoms with E-state index < -0.39 is 0 Å². The van der Waals surface area contributed by atoms with E-state index >= 15 is 0 Å². The standard InChI is InChI=1S/C19H22Cl2N4O3/c1-2-16-22-17(28-23-16)4-3-5-18(26)24-6-8-25(9-7-24)19(27)13-10-14(20)12-15(21)11-13/h10-12H,2-9H2,1H3. The minimum absolute atomic E-state index is 0.0770. The molecule has 0 spiro atoms. The molecule has 0 saturated carbocycles. The molecule has 0 atom stereocenters. The van der Waals surface area contributed by atoms with Gasteiger partial charge in [0.05, 0.1) is 0 Å². The summed E-state index contributed by atoms with van der Waals surface area (Å²) in [5, 5.41) is 4.70. The molecule has 2 amide bonds. The summed E-state index contributed by atoms with van der Waals surface area (Å²) in [6, 6.07) is 4.80. The Balaban J connectivity index is 1.45. The first-order valence-corrected chi connectivity index (χ1v) is 10.1. The van der Waals surface area contributed by atoms with Crippen molar-refractivity contribution in [2.45, 2.75) is 32.6 Å². The summed E-state index contributed by atoms with van der Waals surface area (Å²) in [6.07, 6.45) is 2.39. The smallest absolute Gasteiger partial charge is 0.254 e. The van der Waals surface area contributed by atoms with Gasteiger partial charge in [0.2, 0.25) is 11.8 Å². The van der Waals surface area contributed by atoms with Crippen LogP contribution in [0.1, 0.15) is 41.8 Å². The molecular weight excluding hydrogens is 403 g/mol. The Labute approximate surface area is 173 Å². The van der Waals surface area contributed by atoms with E-state index in [4.69, 9.17) is 27.7 Å². The van der Waals surface area contributed by atoms with E-state index in [1.165, 1.54) is 0 Å². The van der Waals surface area contributed by atoms with Crippen molar-refractivity contribution in [3.8, 4) is 0 Å². The minimum Gasteiger partial charge on any atom is -0.339 e. The Kier molecular flexibility index (Phi) is 6.91. The van der Waals surface area contributed by atoms with Gasteiger partial charge in [0.1, 0.15) is 0 Å². The van der Waals surface area contributed by atoms with Crippen molar-refractivity contribution >= 4 is 35.0 Å². The van der Waals surface area contributed by atoms with Crippen molar-refractivity contribution in [2.75, 3.05) is 26.2 Å². The van der Waals surface area contributed by atoms with Crippen LogP contribution >= 0.6 is 23.2 Å². The first kappa shape index (κ1) is 20.6. The number of piperazine rings is 1. The number of amides is 2. The number of carbonyl (C=O) groups is 2. The van der Waals surface area contributed by atoms with Crippen LogP contribution in [0.5, 0.6) is 0 Å². The predicted octanol–water partition coefficient (Wildman–Crippen LogP) is 3.25. The number of carbonyl (C=O) groups excluding carboxylic acids is 2. The molecule has 0 bridgehead atoms. The molecule has 28 heavy (non-hydrogen) atoms. The molecule has 1 aromatic carbocycles. The number of nitrogens with zero attached hydrogens (tertiary/aromatic N) is 4. The van der Waals surface area contributed by atoms with E-state index in [9.17, 15) is 9.59 Å². The molecule has 2 heterocycles. The lowest BCUT2D eigenvalue weighted by Gasteiger charge is -2.35. The highest BCUT2D eigenvalue weighted by Gasteiger charge is 2.25. The van der Waals surface area contributed by atoms with Crippen LogP contribution in [0.25, 0.3) is 0 Å². The van der Waals surface area contributed by atoms with Crippen molar-refractivity contribution in [1.29, 1.82) is 0 Å². The Morgan fingerprint density at radius 2 is 1.71 bits per heavy atom. The van der Waals surface area contributed by atoms with Gasteiger partial charge in [-0.1, -0.05) is 35.3 Å². The maximum absolute atomic E-state index is 12.6. The number of halogens is 2. The van der Waals surface area contributed by atoms with Gasteiger partial charge < -0.3 is 14.3 Å². The summed E-state index contributed by atoms with van der Waals surface area (Å²) in [7, 11) is 0. The average Bonchev–Trinajstić information content (AvgIpc) is 3.14. The van der Waals surface area contributed by atoms with Gasteiger partial charge in [0.25, 0.3) is 5.91 Å². The van der Waals surface area contributed by atoms with Crippen LogP contribution in [0.3, 0.4) is 0 Å². The van der Waals surface area contributed by atoms with E-state index in [0.717, 1.165) is 6.42 Å². The van der Waals surface area contributed by atoms with Crippen LogP contribution in [-0.4, -0.2) is 57.9 Å². The molecule has 150 valence electrons. The fraction of sp³-hybridized carbons (Fsp3) is 0.474. The predicted molar refractivity (Wildman–Crippen MR) is 106 cm³/mol. The molecular formula is C19H22Cl2N4O3. The van der Waals surface area contributed by atoms with Crippen LogP contribution in [0.4, 0.5) is 0 Å². The lowest BCUT2D eigenvalue weighted by molar-refractivity contribution is -0.132. The van der Waals surface area contributed by atoms with Crippen LogP contribution in [0.2, 0.25) is 10.0 Å². The zero-order valence-electron chi connectivity index (χ0n) is 15.7. The summed E-state index contributed by atoms with van der Waals surface area (Å²) >= 11 is 12.0. The number of aryl methyl sites for hydroxylation is 2. The third kappa shape index (κ3) is 5.23. The van der Waals surface area contributed by atoms with Gasteiger partial charge in [-0.25, -0.2) is 0 Å². The summed E-state index contributed by atoms with van der Waals surface area (Å²) in [5.74, 6) is 1.20. The molecule has 1 aliphatic rings. The van der Waals surface area contributed by atoms with Gasteiger partial charge in [-0.05, 0) is 24.6 Å². The molecule has 1 saturated heterocycles. The summed E-state index contributed by atoms with van der Waals surface area (Å²) < 4.78 is 5.13. The highest BCUT2D eigenvalue weighted by atomic mass is 35.5. The molecule has 1 aromatic heterocycles. The molecule has 9 heteroatoms. The number of aromatic nitrogens is 2. The Bertz CT molecular complexity index is 827. The normalized spacial score (nSPS) is 14.4. The SMILES string of the molecule is CCc1noc(CCCC(=O)N2CCN(C(=O)c3cc(Cl)cc(Cl)c3)CC2)n1. The second-order valence-electron chi connectivity index (χ2n) is 6.64. The quantitative estimate of drug-likeness (QED) is 0.710. The molecule has 1 fully saturated rings. The maximum atomic E-state index is 12.6. The Hall–Kier alpha value is -2.12. The highest BCUT2D eigenvalue weighted by Crippen LogP contribution is 2.21. The Morgan fingerprint density at radius 3 is 2.32 bits per heavy atom. The van der Waals surface area contributed by atoms with E-state index in [1.54, 1.807) is 28.0 Å². The zero-order chi connectivity index (χ0) is 20.1. The molecule has 3 rings (SSSR count). The van der Waals surface area contributed by atoms with Crippen molar-refractivity contribution in [3.63, 3.8) is 0 Å². The molecule has 1 aliphatic heterocycles. The number of benzene rings is 1. The van der Waals surface area contributed by atoms with Gasteiger partial charge >= 0.3 is 0 Å². The maximum Gasteiger partial charge on any atom is 0.254 e.